The van der Waals surface area contributed by atoms with Crippen LogP contribution in [0.4, 0.5) is 11.4 Å². The van der Waals surface area contributed by atoms with Crippen molar-refractivity contribution in [1.29, 1.82) is 0 Å². The van der Waals surface area contributed by atoms with Gasteiger partial charge in [0.2, 0.25) is 5.91 Å². The molecule has 116 valence electrons. The third-order valence-corrected chi connectivity index (χ3v) is 3.69. The van der Waals surface area contributed by atoms with E-state index < -0.39 is 0 Å². The molecule has 0 saturated heterocycles. The van der Waals surface area contributed by atoms with Gasteiger partial charge in [0.05, 0.1) is 0 Å². The Morgan fingerprint density at radius 2 is 1.55 bits per heavy atom. The highest BCUT2D eigenvalue weighted by Crippen LogP contribution is 2.15. The predicted molar refractivity (Wildman–Crippen MR) is 93.6 cm³/mol. The Labute approximate surface area is 132 Å². The maximum absolute atomic E-state index is 12.0. The van der Waals surface area contributed by atoms with Crippen molar-refractivity contribution in [3.8, 4) is 0 Å². The average Bonchev–Trinajstić information content (AvgIpc) is 2.41. The fourth-order valence-electron chi connectivity index (χ4n) is 2.44. The molecule has 0 bridgehead atoms. The van der Waals surface area contributed by atoms with Crippen LogP contribution in [0.5, 0.6) is 0 Å². The van der Waals surface area contributed by atoms with Crippen LogP contribution < -0.4 is 10.6 Å². The van der Waals surface area contributed by atoms with Gasteiger partial charge in [-0.1, -0.05) is 12.1 Å². The molecule has 1 amide bonds. The monoisotopic (exact) mass is 296 g/mol. The molecule has 0 heterocycles. The Morgan fingerprint density at radius 1 is 0.864 bits per heavy atom. The zero-order chi connectivity index (χ0) is 16.1. The number of carbonyl (C=O) groups excluding carboxylic acids is 1. The topological polar surface area (TPSA) is 41.1 Å². The lowest BCUT2D eigenvalue weighted by Gasteiger charge is -2.10. The van der Waals surface area contributed by atoms with Crippen LogP contribution in [0.15, 0.2) is 36.4 Å². The molecule has 0 spiro atoms. The molecule has 22 heavy (non-hydrogen) atoms. The first-order valence-corrected chi connectivity index (χ1v) is 7.63. The number of amides is 1. The summed E-state index contributed by atoms with van der Waals surface area (Å²) in [5, 5.41) is 6.24. The molecule has 0 radical (unpaired) electrons. The summed E-state index contributed by atoms with van der Waals surface area (Å²) in [6.45, 7) is 8.87. The minimum absolute atomic E-state index is 0.0290. The van der Waals surface area contributed by atoms with Crippen molar-refractivity contribution in [3.05, 3.63) is 58.7 Å². The summed E-state index contributed by atoms with van der Waals surface area (Å²) >= 11 is 0. The lowest BCUT2D eigenvalue weighted by Crippen LogP contribution is -2.16. The highest BCUT2D eigenvalue weighted by atomic mass is 16.1. The van der Waals surface area contributed by atoms with E-state index in [1.165, 1.54) is 11.1 Å². The Hall–Kier alpha value is -2.29. The molecule has 2 aromatic rings. The van der Waals surface area contributed by atoms with Crippen molar-refractivity contribution in [3.63, 3.8) is 0 Å². The molecule has 0 aliphatic rings. The smallest absolute Gasteiger partial charge is 0.226 e. The van der Waals surface area contributed by atoms with Gasteiger partial charge in [-0.25, -0.2) is 0 Å². The number of carbonyl (C=O) groups is 1. The first-order chi connectivity index (χ1) is 10.4. The Bertz CT molecular complexity index is 657. The van der Waals surface area contributed by atoms with E-state index in [9.17, 15) is 4.79 Å². The second-order valence-electron chi connectivity index (χ2n) is 5.90. The molecule has 0 atom stereocenters. The number of hydrogen-bond acceptors (Lipinski definition) is 2. The first kappa shape index (κ1) is 16.1. The van der Waals surface area contributed by atoms with Gasteiger partial charge in [-0.15, -0.1) is 0 Å². The highest BCUT2D eigenvalue weighted by Gasteiger charge is 2.04. The zero-order valence-electron chi connectivity index (χ0n) is 13.8. The molecule has 3 heteroatoms. The van der Waals surface area contributed by atoms with Gasteiger partial charge in [0.25, 0.3) is 0 Å². The second-order valence-corrected chi connectivity index (χ2v) is 5.90. The van der Waals surface area contributed by atoms with Crippen molar-refractivity contribution >= 4 is 17.3 Å². The highest BCUT2D eigenvalue weighted by molar-refractivity contribution is 5.91. The number of nitrogens with one attached hydrogen (secondary N) is 2. The SMILES string of the molecule is Cc1cc(C)cc(NC(=O)CCNc2ccc(C)c(C)c2)c1. The Balaban J connectivity index is 1.83. The largest absolute Gasteiger partial charge is 0.385 e. The standard InChI is InChI=1S/C19H24N2O/c1-13-9-14(2)11-18(10-13)21-19(22)7-8-20-17-6-5-15(3)16(4)12-17/h5-6,9-12,20H,7-8H2,1-4H3,(H,21,22). The van der Waals surface area contributed by atoms with Gasteiger partial charge in [-0.3, -0.25) is 4.79 Å². The van der Waals surface area contributed by atoms with Crippen molar-refractivity contribution in [2.75, 3.05) is 17.2 Å². The van der Waals surface area contributed by atoms with Crippen LogP contribution in [-0.2, 0) is 4.79 Å². The van der Waals surface area contributed by atoms with E-state index >= 15 is 0 Å². The minimum atomic E-state index is 0.0290. The third kappa shape index (κ3) is 4.62. The fourth-order valence-corrected chi connectivity index (χ4v) is 2.44. The maximum atomic E-state index is 12.0. The summed E-state index contributed by atoms with van der Waals surface area (Å²) < 4.78 is 0. The Kier molecular flexibility index (Phi) is 5.21. The number of rotatable bonds is 5. The average molecular weight is 296 g/mol. The number of anilines is 2. The van der Waals surface area contributed by atoms with Gasteiger partial charge in [0, 0.05) is 24.3 Å². The lowest BCUT2D eigenvalue weighted by atomic mass is 10.1. The molecule has 0 saturated carbocycles. The van der Waals surface area contributed by atoms with E-state index in [1.807, 2.05) is 32.0 Å². The zero-order valence-corrected chi connectivity index (χ0v) is 13.8. The molecule has 0 aliphatic carbocycles. The first-order valence-electron chi connectivity index (χ1n) is 7.63. The Morgan fingerprint density at radius 3 is 2.18 bits per heavy atom. The molecular formula is C19H24N2O. The van der Waals surface area contributed by atoms with E-state index in [1.54, 1.807) is 0 Å². The number of benzene rings is 2. The van der Waals surface area contributed by atoms with Gasteiger partial charge in [-0.05, 0) is 74.2 Å². The van der Waals surface area contributed by atoms with Crippen molar-refractivity contribution in [2.45, 2.75) is 34.1 Å². The molecule has 2 N–H and O–H groups in total. The van der Waals surface area contributed by atoms with E-state index in [0.29, 0.717) is 13.0 Å². The summed E-state index contributed by atoms with van der Waals surface area (Å²) in [5.74, 6) is 0.0290. The van der Waals surface area contributed by atoms with Crippen molar-refractivity contribution in [1.82, 2.24) is 0 Å². The van der Waals surface area contributed by atoms with Crippen molar-refractivity contribution in [2.24, 2.45) is 0 Å². The number of hydrogen-bond donors (Lipinski definition) is 2. The summed E-state index contributed by atoms with van der Waals surface area (Å²) in [7, 11) is 0. The molecule has 2 aromatic carbocycles. The van der Waals surface area contributed by atoms with Gasteiger partial charge in [-0.2, -0.15) is 0 Å². The normalized spacial score (nSPS) is 10.4. The van der Waals surface area contributed by atoms with Crippen molar-refractivity contribution < 1.29 is 4.79 Å². The quantitative estimate of drug-likeness (QED) is 0.860. The van der Waals surface area contributed by atoms with Gasteiger partial charge >= 0.3 is 0 Å². The third-order valence-electron chi connectivity index (χ3n) is 3.69. The van der Waals surface area contributed by atoms with Crippen LogP contribution in [-0.4, -0.2) is 12.5 Å². The summed E-state index contributed by atoms with van der Waals surface area (Å²) in [4.78, 5) is 12.0. The molecule has 3 nitrogen and oxygen atoms in total. The molecule has 0 aromatic heterocycles. The summed E-state index contributed by atoms with van der Waals surface area (Å²) in [6.07, 6.45) is 0.444. The number of aryl methyl sites for hydroxylation is 4. The van der Waals surface area contributed by atoms with Crippen LogP contribution in [0.25, 0.3) is 0 Å². The summed E-state index contributed by atoms with van der Waals surface area (Å²) in [5.41, 5.74) is 6.77. The second kappa shape index (κ2) is 7.12. The van der Waals surface area contributed by atoms with E-state index in [2.05, 4.69) is 42.7 Å². The maximum Gasteiger partial charge on any atom is 0.226 e. The van der Waals surface area contributed by atoms with E-state index in [4.69, 9.17) is 0 Å². The van der Waals surface area contributed by atoms with Crippen LogP contribution >= 0.6 is 0 Å². The lowest BCUT2D eigenvalue weighted by molar-refractivity contribution is -0.115. The van der Waals surface area contributed by atoms with Gasteiger partial charge in [0.15, 0.2) is 0 Å². The minimum Gasteiger partial charge on any atom is -0.385 e. The van der Waals surface area contributed by atoms with Crippen LogP contribution in [0.1, 0.15) is 28.7 Å². The van der Waals surface area contributed by atoms with Crippen LogP contribution in [0.3, 0.4) is 0 Å². The van der Waals surface area contributed by atoms with Gasteiger partial charge in [0.1, 0.15) is 0 Å². The van der Waals surface area contributed by atoms with Crippen LogP contribution in [0.2, 0.25) is 0 Å². The molecule has 0 unspecified atom stereocenters. The van der Waals surface area contributed by atoms with E-state index in [-0.39, 0.29) is 5.91 Å². The van der Waals surface area contributed by atoms with E-state index in [0.717, 1.165) is 22.5 Å². The van der Waals surface area contributed by atoms with Crippen LogP contribution in [0, 0.1) is 27.7 Å². The molecular weight excluding hydrogens is 272 g/mol. The fraction of sp³-hybridized carbons (Fsp3) is 0.316. The summed E-state index contributed by atoms with van der Waals surface area (Å²) in [6, 6.07) is 12.3. The molecule has 2 rings (SSSR count). The van der Waals surface area contributed by atoms with Gasteiger partial charge < -0.3 is 10.6 Å². The molecule has 0 fully saturated rings. The molecule has 0 aliphatic heterocycles. The predicted octanol–water partition coefficient (Wildman–Crippen LogP) is 4.36.